The van der Waals surface area contributed by atoms with Gasteiger partial charge >= 0.3 is 5.97 Å². The number of amides is 1. The number of benzene rings is 1. The summed E-state index contributed by atoms with van der Waals surface area (Å²) >= 11 is 0. The molecule has 1 aliphatic rings. The predicted molar refractivity (Wildman–Crippen MR) is 65.2 cm³/mol. The Hall–Kier alpha value is -1.88. The van der Waals surface area contributed by atoms with Gasteiger partial charge in [0.1, 0.15) is 5.92 Å². The number of hydrogen-bond acceptors (Lipinski definition) is 4. The van der Waals surface area contributed by atoms with Crippen LogP contribution in [0.25, 0.3) is 0 Å². The Bertz CT molecular complexity index is 433. The molecular formula is C13H16N2O3. The Morgan fingerprint density at radius 1 is 1.39 bits per heavy atom. The number of nitrogens with one attached hydrogen (secondary N) is 2. The Morgan fingerprint density at radius 2 is 2.11 bits per heavy atom. The molecule has 1 aliphatic heterocycles. The minimum absolute atomic E-state index is 0.0710. The Morgan fingerprint density at radius 3 is 2.78 bits per heavy atom. The average Bonchev–Trinajstić information content (AvgIpc) is 2.40. The van der Waals surface area contributed by atoms with Crippen LogP contribution in [0.3, 0.4) is 0 Å². The van der Waals surface area contributed by atoms with Crippen LogP contribution in [0, 0.1) is 5.92 Å². The van der Waals surface area contributed by atoms with Crippen molar-refractivity contribution in [3.63, 3.8) is 0 Å². The molecule has 0 saturated carbocycles. The zero-order valence-corrected chi connectivity index (χ0v) is 10.2. The van der Waals surface area contributed by atoms with Crippen molar-refractivity contribution < 1.29 is 14.3 Å². The molecule has 1 aromatic carbocycles. The van der Waals surface area contributed by atoms with E-state index in [2.05, 4.69) is 10.9 Å². The molecule has 1 saturated heterocycles. The minimum atomic E-state index is -0.739. The highest BCUT2D eigenvalue weighted by atomic mass is 16.5. The number of ether oxygens (including phenoxy) is 1. The second kappa shape index (κ2) is 5.64. The average molecular weight is 248 g/mol. The minimum Gasteiger partial charge on any atom is -0.465 e. The second-order valence-electron chi connectivity index (χ2n) is 4.14. The van der Waals surface area contributed by atoms with E-state index >= 15 is 0 Å². The summed E-state index contributed by atoms with van der Waals surface area (Å²) in [6.07, 6.45) is 0.411. The molecule has 2 atom stereocenters. The lowest BCUT2D eigenvalue weighted by Gasteiger charge is -2.29. The number of hydrogen-bond donors (Lipinski definition) is 2. The molecule has 0 aliphatic carbocycles. The third-order valence-corrected chi connectivity index (χ3v) is 2.93. The summed E-state index contributed by atoms with van der Waals surface area (Å²) in [6, 6.07) is 9.61. The van der Waals surface area contributed by atoms with Crippen LogP contribution in [0.2, 0.25) is 0 Å². The first-order chi connectivity index (χ1) is 8.72. The highest BCUT2D eigenvalue weighted by molar-refractivity contribution is 5.98. The van der Waals surface area contributed by atoms with Crippen molar-refractivity contribution in [2.75, 3.05) is 6.61 Å². The molecule has 0 radical (unpaired) electrons. The summed E-state index contributed by atoms with van der Waals surface area (Å²) in [5.74, 6) is -1.53. The van der Waals surface area contributed by atoms with Gasteiger partial charge in [0.2, 0.25) is 5.91 Å². The molecular weight excluding hydrogens is 232 g/mol. The first kappa shape index (κ1) is 12.6. The summed E-state index contributed by atoms with van der Waals surface area (Å²) in [5.41, 5.74) is 6.47. The zero-order chi connectivity index (χ0) is 13.0. The molecule has 0 aromatic heterocycles. The quantitative estimate of drug-likeness (QED) is 0.617. The van der Waals surface area contributed by atoms with Crippen LogP contribution in [-0.4, -0.2) is 18.5 Å². The maximum atomic E-state index is 11.7. The third kappa shape index (κ3) is 2.68. The lowest BCUT2D eigenvalue weighted by molar-refractivity contribution is -0.154. The summed E-state index contributed by atoms with van der Waals surface area (Å²) in [4.78, 5) is 23.3. The van der Waals surface area contributed by atoms with E-state index in [9.17, 15) is 9.59 Å². The van der Waals surface area contributed by atoms with E-state index in [1.54, 1.807) is 6.92 Å². The van der Waals surface area contributed by atoms with Crippen LogP contribution in [0.1, 0.15) is 24.9 Å². The smallest absolute Gasteiger partial charge is 0.318 e. The topological polar surface area (TPSA) is 67.4 Å². The van der Waals surface area contributed by atoms with Gasteiger partial charge in [0, 0.05) is 0 Å². The van der Waals surface area contributed by atoms with E-state index < -0.39 is 11.9 Å². The fraction of sp³-hybridized carbons (Fsp3) is 0.385. The van der Waals surface area contributed by atoms with Crippen molar-refractivity contribution in [2.24, 2.45) is 5.92 Å². The second-order valence-corrected chi connectivity index (χ2v) is 4.14. The Kier molecular flexibility index (Phi) is 3.94. The molecule has 18 heavy (non-hydrogen) atoms. The van der Waals surface area contributed by atoms with E-state index in [1.165, 1.54) is 0 Å². The first-order valence-electron chi connectivity index (χ1n) is 5.99. The molecule has 96 valence electrons. The predicted octanol–water partition coefficient (Wildman–Crippen LogP) is 0.931. The molecule has 1 aromatic rings. The molecule has 0 spiro atoms. The Balaban J connectivity index is 2.09. The number of carbonyl (C=O) groups is 2. The van der Waals surface area contributed by atoms with Crippen molar-refractivity contribution >= 4 is 11.9 Å². The summed E-state index contributed by atoms with van der Waals surface area (Å²) in [7, 11) is 0. The van der Waals surface area contributed by atoms with Crippen LogP contribution in [-0.2, 0) is 14.3 Å². The van der Waals surface area contributed by atoms with E-state index in [-0.39, 0.29) is 18.6 Å². The molecule has 5 nitrogen and oxygen atoms in total. The molecule has 1 heterocycles. The maximum Gasteiger partial charge on any atom is 0.318 e. The van der Waals surface area contributed by atoms with Crippen molar-refractivity contribution in [1.29, 1.82) is 0 Å². The van der Waals surface area contributed by atoms with Gasteiger partial charge < -0.3 is 4.74 Å². The molecule has 1 amide bonds. The highest BCUT2D eigenvalue weighted by Gasteiger charge is 2.35. The fourth-order valence-electron chi connectivity index (χ4n) is 2.00. The van der Waals surface area contributed by atoms with Crippen molar-refractivity contribution in [3.8, 4) is 0 Å². The number of rotatable bonds is 3. The van der Waals surface area contributed by atoms with E-state index in [0.717, 1.165) is 5.56 Å². The van der Waals surface area contributed by atoms with Crippen LogP contribution in [0.15, 0.2) is 30.3 Å². The summed E-state index contributed by atoms with van der Waals surface area (Å²) in [6.45, 7) is 2.01. The van der Waals surface area contributed by atoms with E-state index in [0.29, 0.717) is 6.42 Å². The van der Waals surface area contributed by atoms with Gasteiger partial charge in [-0.15, -0.1) is 0 Å². The van der Waals surface area contributed by atoms with Gasteiger partial charge in [0.05, 0.1) is 12.6 Å². The van der Waals surface area contributed by atoms with Crippen LogP contribution in [0.5, 0.6) is 0 Å². The molecule has 1 fully saturated rings. The van der Waals surface area contributed by atoms with Gasteiger partial charge in [-0.1, -0.05) is 30.3 Å². The van der Waals surface area contributed by atoms with Gasteiger partial charge in [0.15, 0.2) is 0 Å². The fourth-order valence-corrected chi connectivity index (χ4v) is 2.00. The lowest BCUT2D eigenvalue weighted by Crippen LogP contribution is -2.51. The summed E-state index contributed by atoms with van der Waals surface area (Å²) in [5, 5.41) is 0. The van der Waals surface area contributed by atoms with E-state index in [4.69, 9.17) is 4.74 Å². The van der Waals surface area contributed by atoms with Crippen LogP contribution < -0.4 is 10.9 Å². The number of hydrazine groups is 1. The SMILES string of the molecule is CCOC(=O)C1CC(c2ccccc2)NNC1=O. The standard InChI is InChI=1S/C13H16N2O3/c1-2-18-13(17)10-8-11(14-15-12(10)16)9-6-4-3-5-7-9/h3-7,10-11,14H,2,8H2,1H3,(H,15,16). The van der Waals surface area contributed by atoms with Crippen molar-refractivity contribution in [1.82, 2.24) is 10.9 Å². The number of esters is 1. The molecule has 0 bridgehead atoms. The normalized spacial score (nSPS) is 23.3. The summed E-state index contributed by atoms with van der Waals surface area (Å²) < 4.78 is 4.91. The zero-order valence-electron chi connectivity index (χ0n) is 10.2. The van der Waals surface area contributed by atoms with Crippen LogP contribution in [0.4, 0.5) is 0 Å². The monoisotopic (exact) mass is 248 g/mol. The molecule has 2 N–H and O–H groups in total. The Labute approximate surface area is 105 Å². The third-order valence-electron chi connectivity index (χ3n) is 2.93. The lowest BCUT2D eigenvalue weighted by atomic mass is 9.93. The molecule has 2 rings (SSSR count). The van der Waals surface area contributed by atoms with Crippen molar-refractivity contribution in [2.45, 2.75) is 19.4 Å². The van der Waals surface area contributed by atoms with Gasteiger partial charge in [0.25, 0.3) is 0 Å². The van der Waals surface area contributed by atoms with Gasteiger partial charge in [-0.05, 0) is 18.9 Å². The van der Waals surface area contributed by atoms with Crippen LogP contribution >= 0.6 is 0 Å². The largest absolute Gasteiger partial charge is 0.465 e. The number of carbonyl (C=O) groups excluding carboxylic acids is 2. The molecule has 5 heteroatoms. The maximum absolute atomic E-state index is 11.7. The first-order valence-corrected chi connectivity index (χ1v) is 5.99. The highest BCUT2D eigenvalue weighted by Crippen LogP contribution is 2.24. The van der Waals surface area contributed by atoms with Gasteiger partial charge in [-0.3, -0.25) is 15.0 Å². The van der Waals surface area contributed by atoms with E-state index in [1.807, 2.05) is 30.3 Å². The van der Waals surface area contributed by atoms with Gasteiger partial charge in [-0.25, -0.2) is 5.43 Å². The van der Waals surface area contributed by atoms with Gasteiger partial charge in [-0.2, -0.15) is 0 Å². The van der Waals surface area contributed by atoms with Crippen molar-refractivity contribution in [3.05, 3.63) is 35.9 Å². The molecule has 2 unspecified atom stereocenters.